The summed E-state index contributed by atoms with van der Waals surface area (Å²) in [7, 11) is -0.0557. The molecule has 2 aromatic rings. The van der Waals surface area contributed by atoms with Crippen LogP contribution in [-0.4, -0.2) is 50.9 Å². The summed E-state index contributed by atoms with van der Waals surface area (Å²) in [5.41, 5.74) is 2.64. The van der Waals surface area contributed by atoms with Gasteiger partial charge < -0.3 is 4.74 Å². The number of fused-ring (bicyclic) bond motifs is 3. The fourth-order valence-electron chi connectivity index (χ4n) is 4.39. The van der Waals surface area contributed by atoms with Gasteiger partial charge in [0.1, 0.15) is 5.75 Å². The molecule has 0 amide bonds. The van der Waals surface area contributed by atoms with Crippen molar-refractivity contribution in [3.63, 3.8) is 0 Å². The highest BCUT2D eigenvalue weighted by Crippen LogP contribution is 2.39. The minimum absolute atomic E-state index is 0. The molecule has 2 unspecified atom stereocenters. The molecule has 2 heterocycles. The number of benzene rings is 2. The molecule has 0 N–H and O–H groups in total. The van der Waals surface area contributed by atoms with Crippen LogP contribution in [0, 0.1) is 0 Å². The molecule has 152 valence electrons. The van der Waals surface area contributed by atoms with Crippen molar-refractivity contribution in [1.29, 1.82) is 0 Å². The third-order valence-corrected chi connectivity index (χ3v) is 7.92. The van der Waals surface area contributed by atoms with E-state index in [0.717, 1.165) is 38.1 Å². The van der Waals surface area contributed by atoms with Crippen molar-refractivity contribution in [3.05, 3.63) is 59.7 Å². The topological polar surface area (TPSA) is 49.9 Å². The summed E-state index contributed by atoms with van der Waals surface area (Å²) < 4.78 is 33.0. The number of nitrogens with zero attached hydrogens (tertiary/aromatic N) is 2. The van der Waals surface area contributed by atoms with Crippen LogP contribution < -0.4 is 4.74 Å². The lowest BCUT2D eigenvalue weighted by Crippen LogP contribution is -2.48. The van der Waals surface area contributed by atoms with Crippen molar-refractivity contribution in [1.82, 2.24) is 9.21 Å². The molecule has 2 atom stereocenters. The zero-order valence-electron chi connectivity index (χ0n) is 16.2. The van der Waals surface area contributed by atoms with Gasteiger partial charge in [0.25, 0.3) is 0 Å². The Bertz CT molecular complexity index is 921. The minimum atomic E-state index is -3.47. The first-order chi connectivity index (χ1) is 13.0. The number of piperidine rings is 1. The van der Waals surface area contributed by atoms with E-state index in [1.165, 1.54) is 11.1 Å². The lowest BCUT2D eigenvalue weighted by Gasteiger charge is -2.45. The molecule has 0 saturated carbocycles. The molecule has 0 bridgehead atoms. The number of rotatable bonds is 4. The van der Waals surface area contributed by atoms with Crippen LogP contribution in [0.3, 0.4) is 0 Å². The summed E-state index contributed by atoms with van der Waals surface area (Å²) in [4.78, 5) is 2.86. The molecule has 1 saturated heterocycles. The largest absolute Gasteiger partial charge is 0.497 e. The highest BCUT2D eigenvalue weighted by Gasteiger charge is 2.38. The van der Waals surface area contributed by atoms with Crippen LogP contribution in [0.15, 0.2) is 53.4 Å². The number of methoxy groups -OCH3 is 1. The smallest absolute Gasteiger partial charge is 0.243 e. The Morgan fingerprint density at radius 3 is 2.57 bits per heavy atom. The molecule has 5 nitrogen and oxygen atoms in total. The zero-order valence-corrected chi connectivity index (χ0v) is 17.9. The molecule has 4 rings (SSSR count). The van der Waals surface area contributed by atoms with Gasteiger partial charge in [-0.05, 0) is 54.7 Å². The predicted molar refractivity (Wildman–Crippen MR) is 113 cm³/mol. The lowest BCUT2D eigenvalue weighted by atomic mass is 9.85. The fraction of sp³-hybridized carbons (Fsp3) is 0.429. The second kappa shape index (κ2) is 8.41. The van der Waals surface area contributed by atoms with Crippen LogP contribution in [0.4, 0.5) is 0 Å². The van der Waals surface area contributed by atoms with Gasteiger partial charge in [-0.25, -0.2) is 8.42 Å². The van der Waals surface area contributed by atoms with Crippen LogP contribution in [0.25, 0.3) is 0 Å². The first-order valence-corrected chi connectivity index (χ1v) is 10.9. The maximum absolute atomic E-state index is 13.0. The van der Waals surface area contributed by atoms with Crippen LogP contribution in [0.5, 0.6) is 5.75 Å². The van der Waals surface area contributed by atoms with Crippen molar-refractivity contribution < 1.29 is 13.2 Å². The Morgan fingerprint density at radius 1 is 1.11 bits per heavy atom. The Kier molecular flexibility index (Phi) is 6.34. The lowest BCUT2D eigenvalue weighted by molar-refractivity contribution is 0.0968. The van der Waals surface area contributed by atoms with E-state index in [-0.39, 0.29) is 24.5 Å². The Hall–Kier alpha value is -1.60. The van der Waals surface area contributed by atoms with E-state index in [1.807, 2.05) is 12.1 Å². The molecule has 7 heteroatoms. The Labute approximate surface area is 173 Å². The maximum Gasteiger partial charge on any atom is 0.243 e. The normalized spacial score (nSPS) is 22.1. The van der Waals surface area contributed by atoms with Crippen LogP contribution >= 0.6 is 12.4 Å². The SMILES string of the molecule is COc1ccc2c(c1)CCN1CCC(N(C)S(=O)(=O)c3ccccc3)CC21.Cl. The minimum Gasteiger partial charge on any atom is -0.497 e. The Balaban J connectivity index is 0.00000225. The van der Waals surface area contributed by atoms with Gasteiger partial charge in [-0.15, -0.1) is 12.4 Å². The van der Waals surface area contributed by atoms with Crippen LogP contribution in [0.2, 0.25) is 0 Å². The summed E-state index contributed by atoms with van der Waals surface area (Å²) in [6.45, 7) is 1.95. The number of halogens is 1. The van der Waals surface area contributed by atoms with Gasteiger partial charge in [-0.2, -0.15) is 4.31 Å². The molecule has 0 aromatic heterocycles. The summed E-state index contributed by atoms with van der Waals surface area (Å²) >= 11 is 0. The average molecular weight is 423 g/mol. The van der Waals surface area contributed by atoms with E-state index in [1.54, 1.807) is 42.7 Å². The van der Waals surface area contributed by atoms with Crippen molar-refractivity contribution in [2.45, 2.75) is 36.2 Å². The molecule has 2 aromatic carbocycles. The summed E-state index contributed by atoms with van der Waals surface area (Å²) in [6.07, 6.45) is 2.71. The second-order valence-corrected chi connectivity index (χ2v) is 9.38. The first kappa shape index (κ1) is 21.1. The molecular formula is C21H27ClN2O3S. The number of hydrogen-bond acceptors (Lipinski definition) is 4. The summed E-state index contributed by atoms with van der Waals surface area (Å²) in [6, 6.07) is 15.3. The van der Waals surface area contributed by atoms with Crippen molar-refractivity contribution >= 4 is 22.4 Å². The Morgan fingerprint density at radius 2 is 1.86 bits per heavy atom. The monoisotopic (exact) mass is 422 g/mol. The van der Waals surface area contributed by atoms with Gasteiger partial charge in [0, 0.05) is 32.2 Å². The van der Waals surface area contributed by atoms with E-state index in [0.29, 0.717) is 4.90 Å². The van der Waals surface area contributed by atoms with Gasteiger partial charge in [0.05, 0.1) is 12.0 Å². The average Bonchev–Trinajstić information content (AvgIpc) is 2.72. The molecule has 2 aliphatic rings. The maximum atomic E-state index is 13.0. The molecular weight excluding hydrogens is 396 g/mol. The van der Waals surface area contributed by atoms with Gasteiger partial charge in [-0.1, -0.05) is 24.3 Å². The molecule has 0 spiro atoms. The second-order valence-electron chi connectivity index (χ2n) is 7.38. The number of sulfonamides is 1. The van der Waals surface area contributed by atoms with E-state index < -0.39 is 10.0 Å². The quantitative estimate of drug-likeness (QED) is 0.756. The van der Waals surface area contributed by atoms with Crippen LogP contribution in [-0.2, 0) is 16.4 Å². The fourth-order valence-corrected chi connectivity index (χ4v) is 5.80. The van der Waals surface area contributed by atoms with E-state index >= 15 is 0 Å². The standard InChI is InChI=1S/C21H26N2O3S.ClH/c1-22(27(24,25)19-6-4-3-5-7-19)17-11-13-23-12-10-16-14-18(26-2)8-9-20(16)21(23)15-17;/h3-9,14,17,21H,10-13,15H2,1-2H3;1H. The van der Waals surface area contributed by atoms with Crippen molar-refractivity contribution in [3.8, 4) is 5.75 Å². The van der Waals surface area contributed by atoms with Gasteiger partial charge in [0.15, 0.2) is 0 Å². The van der Waals surface area contributed by atoms with E-state index in [4.69, 9.17) is 4.74 Å². The highest BCUT2D eigenvalue weighted by molar-refractivity contribution is 7.89. The summed E-state index contributed by atoms with van der Waals surface area (Å²) in [5.74, 6) is 0.887. The van der Waals surface area contributed by atoms with E-state index in [2.05, 4.69) is 17.0 Å². The molecule has 0 radical (unpaired) electrons. The molecule has 28 heavy (non-hydrogen) atoms. The van der Waals surface area contributed by atoms with Crippen LogP contribution in [0.1, 0.15) is 30.0 Å². The highest BCUT2D eigenvalue weighted by atomic mass is 35.5. The molecule has 0 aliphatic carbocycles. The predicted octanol–water partition coefficient (Wildman–Crippen LogP) is 3.50. The molecule has 2 aliphatic heterocycles. The number of ether oxygens (including phenoxy) is 1. The van der Waals surface area contributed by atoms with Gasteiger partial charge in [0.2, 0.25) is 10.0 Å². The van der Waals surface area contributed by atoms with Crippen molar-refractivity contribution in [2.24, 2.45) is 0 Å². The van der Waals surface area contributed by atoms with E-state index in [9.17, 15) is 8.42 Å². The van der Waals surface area contributed by atoms with Gasteiger partial charge in [-0.3, -0.25) is 4.90 Å². The third kappa shape index (κ3) is 3.79. The zero-order chi connectivity index (χ0) is 19.0. The molecule has 1 fully saturated rings. The van der Waals surface area contributed by atoms with Crippen molar-refractivity contribution in [2.75, 3.05) is 27.2 Å². The third-order valence-electron chi connectivity index (χ3n) is 6.00. The summed E-state index contributed by atoms with van der Waals surface area (Å²) in [5, 5.41) is 0. The van der Waals surface area contributed by atoms with Gasteiger partial charge >= 0.3 is 0 Å². The number of hydrogen-bond donors (Lipinski definition) is 0. The first-order valence-electron chi connectivity index (χ1n) is 9.44.